The number of aliphatic hydroxyl groups excluding tert-OH is 1. The van der Waals surface area contributed by atoms with Crippen molar-refractivity contribution in [1.82, 2.24) is 0 Å². The van der Waals surface area contributed by atoms with Crippen LogP contribution in [-0.2, 0) is 9.47 Å². The van der Waals surface area contributed by atoms with E-state index in [1.54, 1.807) is 0 Å². The second-order valence-electron chi connectivity index (χ2n) is 4.20. The molecule has 0 heterocycles. The van der Waals surface area contributed by atoms with Crippen molar-refractivity contribution in [3.05, 3.63) is 0 Å². The molecule has 3 nitrogen and oxygen atoms in total. The molecule has 0 rings (SSSR count). The second-order valence-corrected chi connectivity index (χ2v) is 4.20. The van der Waals surface area contributed by atoms with E-state index in [2.05, 4.69) is 27.7 Å². The van der Waals surface area contributed by atoms with Crippen LogP contribution in [-0.4, -0.2) is 36.6 Å². The second kappa shape index (κ2) is 10.1. The Morgan fingerprint density at radius 3 is 1.31 bits per heavy atom. The molecule has 16 heavy (non-hydrogen) atoms. The Balaban J connectivity index is 3.61. The van der Waals surface area contributed by atoms with Gasteiger partial charge in [0.1, 0.15) is 6.10 Å². The zero-order valence-corrected chi connectivity index (χ0v) is 11.2. The van der Waals surface area contributed by atoms with Gasteiger partial charge in [-0.2, -0.15) is 0 Å². The molecule has 0 atom stereocenters. The fourth-order valence-electron chi connectivity index (χ4n) is 1.59. The van der Waals surface area contributed by atoms with Crippen LogP contribution in [0.1, 0.15) is 53.4 Å². The number of aliphatic hydroxyl groups is 1. The van der Waals surface area contributed by atoms with Crippen LogP contribution >= 0.6 is 0 Å². The van der Waals surface area contributed by atoms with Crippen LogP contribution in [0.15, 0.2) is 0 Å². The molecule has 3 heteroatoms. The maximum Gasteiger partial charge on any atom is 0.101 e. The molecular formula is C13H28O3. The molecule has 0 fully saturated rings. The minimum atomic E-state index is -0.499. The molecule has 0 saturated carbocycles. The summed E-state index contributed by atoms with van der Waals surface area (Å²) < 4.78 is 11.1. The smallest absolute Gasteiger partial charge is 0.101 e. The summed E-state index contributed by atoms with van der Waals surface area (Å²) in [6.07, 6.45) is 4.02. The van der Waals surface area contributed by atoms with Gasteiger partial charge in [0, 0.05) is 0 Å². The lowest BCUT2D eigenvalue weighted by molar-refractivity contribution is -0.0639. The fraction of sp³-hybridized carbons (Fsp3) is 1.00. The highest BCUT2D eigenvalue weighted by molar-refractivity contribution is 4.59. The third-order valence-corrected chi connectivity index (χ3v) is 2.87. The van der Waals surface area contributed by atoms with Gasteiger partial charge < -0.3 is 14.6 Å². The van der Waals surface area contributed by atoms with E-state index in [1.807, 2.05) is 0 Å². The number of ether oxygens (including phenoxy) is 2. The molecule has 0 bridgehead atoms. The number of hydrogen-bond acceptors (Lipinski definition) is 3. The Labute approximate surface area is 100 Å². The van der Waals surface area contributed by atoms with Crippen molar-refractivity contribution in [2.75, 3.05) is 13.2 Å². The molecule has 1 N–H and O–H groups in total. The third kappa shape index (κ3) is 7.20. The molecule has 0 unspecified atom stereocenters. The molecule has 0 aromatic carbocycles. The van der Waals surface area contributed by atoms with Crippen LogP contribution in [0.4, 0.5) is 0 Å². The van der Waals surface area contributed by atoms with Crippen molar-refractivity contribution in [2.24, 2.45) is 0 Å². The highest BCUT2D eigenvalue weighted by atomic mass is 16.5. The normalized spacial score (nSPS) is 12.0. The summed E-state index contributed by atoms with van der Waals surface area (Å²) in [5.74, 6) is 0. The first-order chi connectivity index (χ1) is 7.67. The van der Waals surface area contributed by atoms with E-state index in [0.717, 1.165) is 25.7 Å². The highest BCUT2D eigenvalue weighted by Crippen LogP contribution is 2.06. The largest absolute Gasteiger partial charge is 0.388 e. The lowest BCUT2D eigenvalue weighted by Crippen LogP contribution is -2.27. The van der Waals surface area contributed by atoms with Crippen LogP contribution in [0.25, 0.3) is 0 Å². The van der Waals surface area contributed by atoms with E-state index >= 15 is 0 Å². The lowest BCUT2D eigenvalue weighted by atomic mass is 10.2. The lowest BCUT2D eigenvalue weighted by Gasteiger charge is -2.19. The van der Waals surface area contributed by atoms with E-state index in [4.69, 9.17) is 9.47 Å². The molecule has 0 aromatic heterocycles. The van der Waals surface area contributed by atoms with Crippen molar-refractivity contribution < 1.29 is 14.6 Å². The summed E-state index contributed by atoms with van der Waals surface area (Å²) >= 11 is 0. The summed E-state index contributed by atoms with van der Waals surface area (Å²) in [6.45, 7) is 9.16. The minimum Gasteiger partial charge on any atom is -0.388 e. The Morgan fingerprint density at radius 1 is 0.750 bits per heavy atom. The maximum atomic E-state index is 9.68. The summed E-state index contributed by atoms with van der Waals surface area (Å²) in [4.78, 5) is 0. The molecular weight excluding hydrogens is 204 g/mol. The van der Waals surface area contributed by atoms with E-state index in [0.29, 0.717) is 13.2 Å². The van der Waals surface area contributed by atoms with Crippen LogP contribution in [0.5, 0.6) is 0 Å². The van der Waals surface area contributed by atoms with Gasteiger partial charge in [-0.1, -0.05) is 27.7 Å². The summed E-state index contributed by atoms with van der Waals surface area (Å²) in [5, 5.41) is 9.68. The molecule has 0 radical (unpaired) electrons. The first-order valence-electron chi connectivity index (χ1n) is 6.58. The topological polar surface area (TPSA) is 38.7 Å². The highest BCUT2D eigenvalue weighted by Gasteiger charge is 2.11. The van der Waals surface area contributed by atoms with Crippen LogP contribution in [0, 0.1) is 0 Å². The molecule has 98 valence electrons. The molecule has 0 aromatic rings. The van der Waals surface area contributed by atoms with Crippen LogP contribution in [0.3, 0.4) is 0 Å². The average molecular weight is 232 g/mol. The fourth-order valence-corrected chi connectivity index (χ4v) is 1.59. The van der Waals surface area contributed by atoms with Crippen molar-refractivity contribution in [3.63, 3.8) is 0 Å². The summed E-state index contributed by atoms with van der Waals surface area (Å²) in [6, 6.07) is 0. The van der Waals surface area contributed by atoms with Crippen LogP contribution in [0.2, 0.25) is 0 Å². The zero-order chi connectivity index (χ0) is 12.4. The molecule has 0 saturated heterocycles. The predicted molar refractivity (Wildman–Crippen MR) is 66.7 cm³/mol. The standard InChI is InChI=1S/C13H28O3/c1-5-12(6-2)15-9-11(14)10-16-13(7-3)8-4/h11-14H,5-10H2,1-4H3. The first kappa shape index (κ1) is 15.9. The Morgan fingerprint density at radius 2 is 1.06 bits per heavy atom. The molecule has 0 aliphatic heterocycles. The van der Waals surface area contributed by atoms with Gasteiger partial charge in [-0.3, -0.25) is 0 Å². The van der Waals surface area contributed by atoms with Crippen molar-refractivity contribution in [3.8, 4) is 0 Å². The maximum absolute atomic E-state index is 9.68. The Bertz CT molecular complexity index is 126. The molecule has 0 amide bonds. The predicted octanol–water partition coefficient (Wildman–Crippen LogP) is 2.76. The third-order valence-electron chi connectivity index (χ3n) is 2.87. The van der Waals surface area contributed by atoms with Gasteiger partial charge >= 0.3 is 0 Å². The molecule has 0 spiro atoms. The van der Waals surface area contributed by atoms with Crippen LogP contribution < -0.4 is 0 Å². The first-order valence-corrected chi connectivity index (χ1v) is 6.58. The Hall–Kier alpha value is -0.120. The SMILES string of the molecule is CCC(CC)OCC(O)COC(CC)CC. The number of hydrogen-bond donors (Lipinski definition) is 1. The average Bonchev–Trinajstić information content (AvgIpc) is 2.31. The van der Waals surface area contributed by atoms with Gasteiger partial charge in [0.05, 0.1) is 25.4 Å². The molecule has 0 aliphatic rings. The van der Waals surface area contributed by atoms with E-state index < -0.39 is 6.10 Å². The van der Waals surface area contributed by atoms with E-state index in [-0.39, 0.29) is 12.2 Å². The van der Waals surface area contributed by atoms with Crippen molar-refractivity contribution in [2.45, 2.75) is 71.7 Å². The van der Waals surface area contributed by atoms with Crippen molar-refractivity contribution in [1.29, 1.82) is 0 Å². The molecule has 0 aliphatic carbocycles. The zero-order valence-electron chi connectivity index (χ0n) is 11.2. The van der Waals surface area contributed by atoms with Gasteiger partial charge in [0.2, 0.25) is 0 Å². The van der Waals surface area contributed by atoms with Gasteiger partial charge in [-0.05, 0) is 25.7 Å². The van der Waals surface area contributed by atoms with Gasteiger partial charge in [-0.25, -0.2) is 0 Å². The van der Waals surface area contributed by atoms with Crippen molar-refractivity contribution >= 4 is 0 Å². The van der Waals surface area contributed by atoms with Gasteiger partial charge in [-0.15, -0.1) is 0 Å². The van der Waals surface area contributed by atoms with E-state index in [1.165, 1.54) is 0 Å². The van der Waals surface area contributed by atoms with Gasteiger partial charge in [0.25, 0.3) is 0 Å². The quantitative estimate of drug-likeness (QED) is 0.629. The summed E-state index contributed by atoms with van der Waals surface area (Å²) in [5.41, 5.74) is 0. The number of rotatable bonds is 10. The Kier molecular flexibility index (Phi) is 9.99. The van der Waals surface area contributed by atoms with E-state index in [9.17, 15) is 5.11 Å². The summed E-state index contributed by atoms with van der Waals surface area (Å²) in [7, 11) is 0. The van der Waals surface area contributed by atoms with Gasteiger partial charge in [0.15, 0.2) is 0 Å². The minimum absolute atomic E-state index is 0.266. The monoisotopic (exact) mass is 232 g/mol.